The Labute approximate surface area is 191 Å². The van der Waals surface area contributed by atoms with Crippen LogP contribution in [0.5, 0.6) is 0 Å². The maximum absolute atomic E-state index is 13.2. The lowest BCUT2D eigenvalue weighted by atomic mass is 10.1. The number of aryl methyl sites for hydroxylation is 3. The maximum Gasteiger partial charge on any atom is 0.416 e. The quantitative estimate of drug-likeness (QED) is 0.255. The Morgan fingerprint density at radius 1 is 0.441 bits per heavy atom. The Morgan fingerprint density at radius 2 is 0.676 bits per heavy atom. The molecule has 0 N–H and O–H groups in total. The van der Waals surface area contributed by atoms with E-state index in [2.05, 4.69) is 0 Å². The predicted octanol–water partition coefficient (Wildman–Crippen LogP) is 7.43. The number of hydrogen-bond acceptors (Lipinski definition) is 0. The molecule has 34 heavy (non-hydrogen) atoms. The van der Waals surface area contributed by atoms with Gasteiger partial charge >= 0.3 is 18.5 Å². The van der Waals surface area contributed by atoms with Crippen molar-refractivity contribution in [2.45, 2.75) is 39.3 Å². The van der Waals surface area contributed by atoms with Crippen LogP contribution in [-0.4, -0.2) is 0 Å². The number of rotatable bonds is 3. The van der Waals surface area contributed by atoms with E-state index in [0.29, 0.717) is 15.9 Å². The van der Waals surface area contributed by atoms with E-state index in [1.807, 2.05) is 0 Å². The molecule has 182 valence electrons. The summed E-state index contributed by atoms with van der Waals surface area (Å²) in [5.41, 5.74) is -1.97. The summed E-state index contributed by atoms with van der Waals surface area (Å²) < 4.78 is 119. The van der Waals surface area contributed by atoms with Crippen LogP contribution in [0.25, 0.3) is 0 Å². The molecule has 0 spiro atoms. The SMILES string of the molecule is Cc1cc(C(F)(F)F)ccc1P(c1ccc(C(F)(F)F)cc1C)c1ccc(C(F)(F)F)cc1C. The van der Waals surface area contributed by atoms with Crippen LogP contribution in [-0.2, 0) is 18.5 Å². The fraction of sp³-hybridized carbons (Fsp3) is 0.250. The first-order valence-corrected chi connectivity index (χ1v) is 11.2. The van der Waals surface area contributed by atoms with Crippen LogP contribution < -0.4 is 15.9 Å². The van der Waals surface area contributed by atoms with E-state index in [1.165, 1.54) is 39.0 Å². The second kappa shape index (κ2) is 8.91. The molecule has 0 saturated heterocycles. The van der Waals surface area contributed by atoms with Gasteiger partial charge in [0, 0.05) is 0 Å². The van der Waals surface area contributed by atoms with Gasteiger partial charge in [-0.1, -0.05) is 18.2 Å². The lowest BCUT2D eigenvalue weighted by molar-refractivity contribution is -0.138. The lowest BCUT2D eigenvalue weighted by Gasteiger charge is -2.26. The van der Waals surface area contributed by atoms with Gasteiger partial charge in [-0.15, -0.1) is 0 Å². The molecule has 0 aliphatic rings. The Hall–Kier alpha value is -2.54. The summed E-state index contributed by atoms with van der Waals surface area (Å²) in [5.74, 6) is 0. The van der Waals surface area contributed by atoms with E-state index in [1.54, 1.807) is 0 Å². The van der Waals surface area contributed by atoms with Crippen LogP contribution in [0.4, 0.5) is 39.5 Å². The highest BCUT2D eigenvalue weighted by Crippen LogP contribution is 2.41. The van der Waals surface area contributed by atoms with Crippen LogP contribution >= 0.6 is 7.92 Å². The molecular weight excluding hydrogens is 490 g/mol. The molecule has 0 radical (unpaired) electrons. The van der Waals surface area contributed by atoms with Gasteiger partial charge in [0.05, 0.1) is 16.7 Å². The topological polar surface area (TPSA) is 0 Å². The summed E-state index contributed by atoms with van der Waals surface area (Å²) in [6.07, 6.45) is -13.8. The number of halogens is 9. The van der Waals surface area contributed by atoms with E-state index in [0.717, 1.165) is 36.4 Å². The van der Waals surface area contributed by atoms with Gasteiger partial charge < -0.3 is 0 Å². The minimum absolute atomic E-state index is 0.236. The zero-order chi connectivity index (χ0) is 25.6. The molecular formula is C24H18F9P. The average Bonchev–Trinajstić information content (AvgIpc) is 2.69. The molecule has 0 unspecified atom stereocenters. The van der Waals surface area contributed by atoms with Crippen molar-refractivity contribution in [2.75, 3.05) is 0 Å². The van der Waals surface area contributed by atoms with Crippen LogP contribution in [0, 0.1) is 20.8 Å². The normalized spacial score (nSPS) is 13.0. The van der Waals surface area contributed by atoms with Gasteiger partial charge in [0.2, 0.25) is 0 Å². The Balaban J connectivity index is 2.26. The molecule has 0 aliphatic heterocycles. The monoisotopic (exact) mass is 508 g/mol. The first-order valence-electron chi connectivity index (χ1n) is 9.84. The molecule has 0 amide bonds. The van der Waals surface area contributed by atoms with E-state index >= 15 is 0 Å². The summed E-state index contributed by atoms with van der Waals surface area (Å²) >= 11 is 0. The first kappa shape index (κ1) is 26.1. The van der Waals surface area contributed by atoms with Crippen molar-refractivity contribution in [3.63, 3.8) is 0 Å². The van der Waals surface area contributed by atoms with Gasteiger partial charge in [0.15, 0.2) is 0 Å². The van der Waals surface area contributed by atoms with Crippen molar-refractivity contribution in [1.82, 2.24) is 0 Å². The minimum Gasteiger partial charge on any atom is -0.166 e. The highest BCUT2D eigenvalue weighted by Gasteiger charge is 2.35. The largest absolute Gasteiger partial charge is 0.416 e. The standard InChI is InChI=1S/C24H18F9P/c1-13-10-16(22(25,26)27)4-7-19(13)34(20-8-5-17(11-14(20)2)23(28,29)30)21-9-6-18(12-15(21)3)24(31,32)33/h4-12H,1-3H3. The highest BCUT2D eigenvalue weighted by atomic mass is 31.1. The smallest absolute Gasteiger partial charge is 0.166 e. The third-order valence-corrected chi connectivity index (χ3v) is 8.25. The number of alkyl halides is 9. The fourth-order valence-corrected chi connectivity index (χ4v) is 6.34. The minimum atomic E-state index is -4.60. The van der Waals surface area contributed by atoms with Crippen LogP contribution in [0.2, 0.25) is 0 Å². The summed E-state index contributed by atoms with van der Waals surface area (Å²) in [6, 6.07) is 9.16. The van der Waals surface area contributed by atoms with E-state index in [4.69, 9.17) is 0 Å². The molecule has 3 aromatic rings. The van der Waals surface area contributed by atoms with Crippen molar-refractivity contribution in [1.29, 1.82) is 0 Å². The van der Waals surface area contributed by atoms with Gasteiger partial charge in [-0.05, 0) is 97.7 Å². The molecule has 10 heteroatoms. The van der Waals surface area contributed by atoms with Gasteiger partial charge in [-0.2, -0.15) is 39.5 Å². The molecule has 0 nitrogen and oxygen atoms in total. The molecule has 3 rings (SSSR count). The van der Waals surface area contributed by atoms with Crippen molar-refractivity contribution >= 4 is 23.8 Å². The van der Waals surface area contributed by atoms with E-state index < -0.39 is 43.1 Å². The van der Waals surface area contributed by atoms with Crippen LogP contribution in [0.1, 0.15) is 33.4 Å². The number of hydrogen-bond donors (Lipinski definition) is 0. The molecule has 0 atom stereocenters. The van der Waals surface area contributed by atoms with Crippen molar-refractivity contribution < 1.29 is 39.5 Å². The molecule has 0 fully saturated rings. The van der Waals surface area contributed by atoms with E-state index in [-0.39, 0.29) is 16.7 Å². The summed E-state index contributed by atoms with van der Waals surface area (Å²) in [6.45, 7) is 4.33. The number of benzene rings is 3. The molecule has 0 aromatic heterocycles. The Morgan fingerprint density at radius 3 is 0.853 bits per heavy atom. The second-order valence-corrected chi connectivity index (χ2v) is 9.95. The van der Waals surface area contributed by atoms with Crippen molar-refractivity contribution in [3.05, 3.63) is 88.0 Å². The van der Waals surface area contributed by atoms with Crippen molar-refractivity contribution in [2.24, 2.45) is 0 Å². The average molecular weight is 508 g/mol. The molecule has 0 aliphatic carbocycles. The fourth-order valence-electron chi connectivity index (χ4n) is 3.64. The molecule has 3 aromatic carbocycles. The third-order valence-electron chi connectivity index (χ3n) is 5.30. The van der Waals surface area contributed by atoms with Gasteiger partial charge in [0.1, 0.15) is 0 Å². The zero-order valence-electron chi connectivity index (χ0n) is 18.0. The van der Waals surface area contributed by atoms with E-state index in [9.17, 15) is 39.5 Å². The highest BCUT2D eigenvalue weighted by molar-refractivity contribution is 7.80. The Kier molecular flexibility index (Phi) is 6.83. The predicted molar refractivity (Wildman–Crippen MR) is 114 cm³/mol. The summed E-state index contributed by atoms with van der Waals surface area (Å²) in [5, 5.41) is 1.23. The van der Waals surface area contributed by atoms with Crippen molar-refractivity contribution in [3.8, 4) is 0 Å². The van der Waals surface area contributed by atoms with Gasteiger partial charge in [0.25, 0.3) is 0 Å². The molecule has 0 saturated carbocycles. The van der Waals surface area contributed by atoms with Crippen LogP contribution in [0.15, 0.2) is 54.6 Å². The first-order chi connectivity index (χ1) is 15.5. The molecule has 0 bridgehead atoms. The third kappa shape index (κ3) is 5.40. The van der Waals surface area contributed by atoms with Gasteiger partial charge in [-0.3, -0.25) is 0 Å². The second-order valence-electron chi connectivity index (χ2n) is 7.83. The maximum atomic E-state index is 13.2. The molecule has 0 heterocycles. The lowest BCUT2D eigenvalue weighted by Crippen LogP contribution is -2.27. The summed E-state index contributed by atoms with van der Waals surface area (Å²) in [4.78, 5) is 0. The van der Waals surface area contributed by atoms with Crippen LogP contribution in [0.3, 0.4) is 0 Å². The Bertz CT molecular complexity index is 1050. The van der Waals surface area contributed by atoms with Gasteiger partial charge in [-0.25, -0.2) is 0 Å². The summed E-state index contributed by atoms with van der Waals surface area (Å²) in [7, 11) is -1.76. The zero-order valence-corrected chi connectivity index (χ0v) is 18.9.